The first-order valence-corrected chi connectivity index (χ1v) is 8.70. The van der Waals surface area contributed by atoms with Crippen LogP contribution in [0.3, 0.4) is 0 Å². The van der Waals surface area contributed by atoms with Gasteiger partial charge in [-0.3, -0.25) is 19.7 Å². The molecule has 27 heavy (non-hydrogen) atoms. The number of piperidine rings is 1. The summed E-state index contributed by atoms with van der Waals surface area (Å²) < 4.78 is 5.43. The summed E-state index contributed by atoms with van der Waals surface area (Å²) in [6.45, 7) is 2.74. The molecule has 1 N–H and O–H groups in total. The van der Waals surface area contributed by atoms with Gasteiger partial charge < -0.3 is 19.9 Å². The molecule has 2 aliphatic heterocycles. The largest absolute Gasteiger partial charge is 0.484 e. The van der Waals surface area contributed by atoms with Gasteiger partial charge in [0.15, 0.2) is 6.61 Å². The van der Waals surface area contributed by atoms with Gasteiger partial charge in [-0.05, 0) is 18.9 Å². The lowest BCUT2D eigenvalue weighted by atomic mass is 10.0. The molecule has 148 valence electrons. The zero-order valence-corrected chi connectivity index (χ0v) is 15.7. The summed E-state index contributed by atoms with van der Waals surface area (Å²) in [5.41, 5.74) is -0.0785. The van der Waals surface area contributed by atoms with Crippen LogP contribution in [0.15, 0.2) is 24.3 Å². The number of hydrogen-bond donors (Lipinski definition) is 1. The number of nitrogens with zero attached hydrogens (tertiary/aromatic N) is 3. The van der Waals surface area contributed by atoms with Crippen molar-refractivity contribution in [3.63, 3.8) is 0 Å². The number of carbonyl (C=O) groups excluding carboxylic acids is 2. The molecule has 2 amide bonds. The lowest BCUT2D eigenvalue weighted by Gasteiger charge is -2.41. The maximum atomic E-state index is 12.5. The first kappa shape index (κ1) is 20.9. The van der Waals surface area contributed by atoms with Gasteiger partial charge in [-0.1, -0.05) is 6.07 Å². The number of amides is 2. The summed E-state index contributed by atoms with van der Waals surface area (Å²) in [7, 11) is 0. The highest BCUT2D eigenvalue weighted by Crippen LogP contribution is 2.20. The van der Waals surface area contributed by atoms with Crippen LogP contribution in [0.4, 0.5) is 5.69 Å². The molecule has 10 heteroatoms. The lowest BCUT2D eigenvalue weighted by molar-refractivity contribution is -0.384. The van der Waals surface area contributed by atoms with Gasteiger partial charge in [-0.25, -0.2) is 0 Å². The van der Waals surface area contributed by atoms with Crippen LogP contribution in [-0.4, -0.2) is 71.9 Å². The summed E-state index contributed by atoms with van der Waals surface area (Å²) in [5.74, 6) is 0.186. The Kier molecular flexibility index (Phi) is 7.37. The normalized spacial score (nSPS) is 20.0. The molecule has 0 saturated carbocycles. The average Bonchev–Trinajstić information content (AvgIpc) is 2.67. The first-order valence-electron chi connectivity index (χ1n) is 8.70. The SMILES string of the molecule is Cl.O=C(COc1cccc([N+](=O)[O-])c1)N1CCCC(N2CCNCC2=O)C1. The molecule has 0 radical (unpaired) electrons. The van der Waals surface area contributed by atoms with Crippen LogP contribution in [0.5, 0.6) is 5.75 Å². The third-order valence-electron chi connectivity index (χ3n) is 4.71. The Morgan fingerprint density at radius 3 is 2.93 bits per heavy atom. The minimum absolute atomic E-state index is 0. The number of ether oxygens (including phenoxy) is 1. The number of nitro benzene ring substituents is 1. The summed E-state index contributed by atoms with van der Waals surface area (Å²) >= 11 is 0. The molecule has 1 aromatic rings. The summed E-state index contributed by atoms with van der Waals surface area (Å²) in [6, 6.07) is 5.81. The number of halogens is 1. The van der Waals surface area contributed by atoms with Crippen LogP contribution in [0, 0.1) is 10.1 Å². The minimum atomic E-state index is -0.506. The number of piperazine rings is 1. The van der Waals surface area contributed by atoms with Crippen molar-refractivity contribution >= 4 is 29.9 Å². The monoisotopic (exact) mass is 398 g/mol. The van der Waals surface area contributed by atoms with Crippen molar-refractivity contribution in [2.75, 3.05) is 39.3 Å². The number of benzene rings is 1. The lowest BCUT2D eigenvalue weighted by Crippen LogP contribution is -2.57. The molecule has 0 aliphatic carbocycles. The van der Waals surface area contributed by atoms with Crippen molar-refractivity contribution in [1.29, 1.82) is 0 Å². The van der Waals surface area contributed by atoms with Crippen molar-refractivity contribution in [3.8, 4) is 5.75 Å². The third kappa shape index (κ3) is 5.30. The standard InChI is InChI=1S/C17H22N4O5.ClH/c22-16-10-18-6-8-20(16)14-4-2-7-19(11-14)17(23)12-26-15-5-1-3-13(9-15)21(24)25;/h1,3,5,9,14,18H,2,4,6-8,10-12H2;1H. The Labute approximate surface area is 163 Å². The molecular formula is C17H23ClN4O5. The maximum Gasteiger partial charge on any atom is 0.273 e. The number of non-ortho nitro benzene ring substituents is 1. The van der Waals surface area contributed by atoms with Gasteiger partial charge in [0.1, 0.15) is 5.75 Å². The van der Waals surface area contributed by atoms with E-state index in [-0.39, 0.29) is 42.6 Å². The summed E-state index contributed by atoms with van der Waals surface area (Å²) in [4.78, 5) is 38.4. The number of carbonyl (C=O) groups is 2. The summed E-state index contributed by atoms with van der Waals surface area (Å²) in [5, 5.41) is 13.8. The quantitative estimate of drug-likeness (QED) is 0.581. The van der Waals surface area contributed by atoms with Crippen molar-refractivity contribution in [3.05, 3.63) is 34.4 Å². The van der Waals surface area contributed by atoms with Gasteiger partial charge in [0.25, 0.3) is 11.6 Å². The molecule has 0 aromatic heterocycles. The van der Waals surface area contributed by atoms with E-state index in [0.29, 0.717) is 31.9 Å². The molecule has 0 bridgehead atoms. The molecule has 1 atom stereocenters. The van der Waals surface area contributed by atoms with E-state index in [1.165, 1.54) is 18.2 Å². The first-order chi connectivity index (χ1) is 12.5. The van der Waals surface area contributed by atoms with Crippen LogP contribution >= 0.6 is 12.4 Å². The number of nitrogens with one attached hydrogen (secondary N) is 1. The second-order valence-electron chi connectivity index (χ2n) is 6.44. The van der Waals surface area contributed by atoms with Crippen LogP contribution in [-0.2, 0) is 9.59 Å². The van der Waals surface area contributed by atoms with E-state index in [1.54, 1.807) is 11.0 Å². The molecule has 9 nitrogen and oxygen atoms in total. The fourth-order valence-corrected chi connectivity index (χ4v) is 3.37. The summed E-state index contributed by atoms with van der Waals surface area (Å²) in [6.07, 6.45) is 1.73. The third-order valence-corrected chi connectivity index (χ3v) is 4.71. The molecule has 1 unspecified atom stereocenters. The molecule has 0 spiro atoms. The molecule has 2 heterocycles. The molecule has 2 saturated heterocycles. The van der Waals surface area contributed by atoms with E-state index < -0.39 is 4.92 Å². The average molecular weight is 399 g/mol. The fourth-order valence-electron chi connectivity index (χ4n) is 3.37. The molecule has 3 rings (SSSR count). The smallest absolute Gasteiger partial charge is 0.273 e. The highest BCUT2D eigenvalue weighted by Gasteiger charge is 2.31. The zero-order valence-electron chi connectivity index (χ0n) is 14.8. The molecule has 2 aliphatic rings. The van der Waals surface area contributed by atoms with E-state index in [0.717, 1.165) is 19.4 Å². The van der Waals surface area contributed by atoms with Crippen LogP contribution in [0.1, 0.15) is 12.8 Å². The van der Waals surface area contributed by atoms with Crippen LogP contribution in [0.2, 0.25) is 0 Å². The Balaban J connectivity index is 0.00000261. The molecule has 2 fully saturated rings. The van der Waals surface area contributed by atoms with Crippen LogP contribution in [0.25, 0.3) is 0 Å². The van der Waals surface area contributed by atoms with Crippen LogP contribution < -0.4 is 10.1 Å². The van der Waals surface area contributed by atoms with Crippen molar-refractivity contribution in [2.24, 2.45) is 0 Å². The number of likely N-dealkylation sites (tertiary alicyclic amines) is 1. The second kappa shape index (κ2) is 9.52. The maximum absolute atomic E-state index is 12.5. The van der Waals surface area contributed by atoms with E-state index in [4.69, 9.17) is 4.74 Å². The Bertz CT molecular complexity index is 702. The van der Waals surface area contributed by atoms with E-state index in [9.17, 15) is 19.7 Å². The van der Waals surface area contributed by atoms with Gasteiger partial charge >= 0.3 is 0 Å². The second-order valence-corrected chi connectivity index (χ2v) is 6.44. The van der Waals surface area contributed by atoms with Crippen molar-refractivity contribution < 1.29 is 19.2 Å². The Morgan fingerprint density at radius 2 is 2.19 bits per heavy atom. The fraction of sp³-hybridized carbons (Fsp3) is 0.529. The van der Waals surface area contributed by atoms with E-state index in [2.05, 4.69) is 5.32 Å². The van der Waals surface area contributed by atoms with E-state index >= 15 is 0 Å². The number of rotatable bonds is 5. The Hall–Kier alpha value is -2.39. The van der Waals surface area contributed by atoms with Crippen molar-refractivity contribution in [2.45, 2.75) is 18.9 Å². The minimum Gasteiger partial charge on any atom is -0.484 e. The van der Waals surface area contributed by atoms with Crippen molar-refractivity contribution in [1.82, 2.24) is 15.1 Å². The van der Waals surface area contributed by atoms with Gasteiger partial charge in [0.05, 0.1) is 17.5 Å². The highest BCUT2D eigenvalue weighted by atomic mass is 35.5. The highest BCUT2D eigenvalue weighted by molar-refractivity contribution is 5.85. The zero-order chi connectivity index (χ0) is 18.5. The number of hydrogen-bond acceptors (Lipinski definition) is 6. The van der Waals surface area contributed by atoms with Gasteiger partial charge in [0.2, 0.25) is 5.91 Å². The predicted molar refractivity (Wildman–Crippen MR) is 100 cm³/mol. The van der Waals surface area contributed by atoms with Gasteiger partial charge in [-0.15, -0.1) is 12.4 Å². The molecular weight excluding hydrogens is 376 g/mol. The number of nitro groups is 1. The van der Waals surface area contributed by atoms with E-state index in [1.807, 2.05) is 4.90 Å². The predicted octanol–water partition coefficient (Wildman–Crippen LogP) is 0.818. The topological polar surface area (TPSA) is 105 Å². The van der Waals surface area contributed by atoms with Gasteiger partial charge in [0, 0.05) is 38.3 Å². The Morgan fingerprint density at radius 1 is 1.37 bits per heavy atom. The van der Waals surface area contributed by atoms with Gasteiger partial charge in [-0.2, -0.15) is 0 Å². The molecule has 1 aromatic carbocycles.